The van der Waals surface area contributed by atoms with Gasteiger partial charge >= 0.3 is 0 Å². The van der Waals surface area contributed by atoms with Crippen molar-refractivity contribution in [1.82, 2.24) is 0 Å². The number of hydrogen-bond donors (Lipinski definition) is 3. The van der Waals surface area contributed by atoms with Gasteiger partial charge in [0.1, 0.15) is 0 Å². The molecule has 1 saturated carbocycles. The molecule has 0 aromatic rings. The van der Waals surface area contributed by atoms with Crippen LogP contribution in [-0.2, 0) is 0 Å². The molecule has 0 aromatic heterocycles. The van der Waals surface area contributed by atoms with E-state index in [4.69, 9.17) is 15.6 Å². The van der Waals surface area contributed by atoms with Crippen LogP contribution in [0.1, 0.15) is 12.8 Å². The molecule has 3 heteroatoms. The molecule has 1 fully saturated rings. The fourth-order valence-electron chi connectivity index (χ4n) is 1.14. The van der Waals surface area contributed by atoms with E-state index in [0.717, 1.165) is 0 Å². The van der Waals surface area contributed by atoms with Crippen LogP contribution in [0, 0.1) is 11.3 Å². The second-order valence-corrected chi connectivity index (χ2v) is 2.52. The Morgan fingerprint density at radius 2 is 2.22 bits per heavy atom. The van der Waals surface area contributed by atoms with Gasteiger partial charge in [0.25, 0.3) is 0 Å². The van der Waals surface area contributed by atoms with Gasteiger partial charge < -0.3 is 15.6 Å². The van der Waals surface area contributed by atoms with Gasteiger partial charge in [-0.25, -0.2) is 0 Å². The Hall–Kier alpha value is -0.410. The van der Waals surface area contributed by atoms with Gasteiger partial charge in [-0.15, -0.1) is 0 Å². The van der Waals surface area contributed by atoms with Crippen LogP contribution in [0.2, 0.25) is 0 Å². The van der Waals surface area contributed by atoms with E-state index in [1.54, 1.807) is 0 Å². The van der Waals surface area contributed by atoms with Crippen molar-refractivity contribution in [2.24, 2.45) is 5.92 Å². The topological polar surface area (TPSA) is 64.3 Å². The first-order chi connectivity index (χ1) is 4.24. The maximum atomic E-state index is 9.06. The Morgan fingerprint density at radius 3 is 2.44 bits per heavy atom. The summed E-state index contributed by atoms with van der Waals surface area (Å²) < 4.78 is 0. The standard InChI is InChI=1S/C6H11NO2/c7-5-1-4(3-8)6(9)2-5/h4,6-9H,1-3H2/t4-,6+/m1/s1. The highest BCUT2D eigenvalue weighted by molar-refractivity contribution is 5.84. The van der Waals surface area contributed by atoms with Crippen LogP contribution in [0.15, 0.2) is 0 Å². The quantitative estimate of drug-likeness (QED) is 0.458. The Morgan fingerprint density at radius 1 is 1.56 bits per heavy atom. The van der Waals surface area contributed by atoms with Crippen molar-refractivity contribution in [3.63, 3.8) is 0 Å². The molecule has 1 aliphatic carbocycles. The summed E-state index contributed by atoms with van der Waals surface area (Å²) in [5.41, 5.74) is 0.557. The first kappa shape index (κ1) is 6.71. The van der Waals surface area contributed by atoms with Gasteiger partial charge in [0.2, 0.25) is 0 Å². The van der Waals surface area contributed by atoms with Crippen LogP contribution in [0.5, 0.6) is 0 Å². The average Bonchev–Trinajstić information content (AvgIpc) is 2.10. The lowest BCUT2D eigenvalue weighted by Gasteiger charge is -2.07. The lowest BCUT2D eigenvalue weighted by atomic mass is 10.1. The molecule has 2 atom stereocenters. The normalized spacial score (nSPS) is 35.6. The number of hydrogen-bond acceptors (Lipinski definition) is 3. The number of aliphatic hydroxyl groups excluding tert-OH is 2. The molecule has 0 saturated heterocycles. The van der Waals surface area contributed by atoms with Gasteiger partial charge in [-0.3, -0.25) is 0 Å². The van der Waals surface area contributed by atoms with E-state index in [1.165, 1.54) is 0 Å². The van der Waals surface area contributed by atoms with E-state index in [1.807, 2.05) is 0 Å². The molecule has 0 aliphatic heterocycles. The predicted molar refractivity (Wildman–Crippen MR) is 33.5 cm³/mol. The van der Waals surface area contributed by atoms with Gasteiger partial charge in [-0.2, -0.15) is 0 Å². The average molecular weight is 129 g/mol. The van der Waals surface area contributed by atoms with Gasteiger partial charge in [0.05, 0.1) is 6.10 Å². The zero-order valence-corrected chi connectivity index (χ0v) is 5.17. The third kappa shape index (κ3) is 1.28. The molecular formula is C6H11NO2. The van der Waals surface area contributed by atoms with Gasteiger partial charge in [-0.05, 0) is 6.42 Å². The Labute approximate surface area is 53.8 Å². The summed E-state index contributed by atoms with van der Waals surface area (Å²) in [6, 6.07) is 0. The molecule has 0 bridgehead atoms. The van der Waals surface area contributed by atoms with Crippen LogP contribution in [0.25, 0.3) is 0 Å². The fraction of sp³-hybridized carbons (Fsp3) is 0.833. The van der Waals surface area contributed by atoms with Crippen molar-refractivity contribution in [1.29, 1.82) is 5.41 Å². The second kappa shape index (κ2) is 2.45. The number of rotatable bonds is 1. The van der Waals surface area contributed by atoms with E-state index < -0.39 is 6.10 Å². The Kier molecular flexibility index (Phi) is 1.83. The Balaban J connectivity index is 2.47. The van der Waals surface area contributed by atoms with Crippen LogP contribution in [-0.4, -0.2) is 28.6 Å². The summed E-state index contributed by atoms with van der Waals surface area (Å²) in [5.74, 6) is -0.0718. The van der Waals surface area contributed by atoms with Crippen molar-refractivity contribution >= 4 is 5.71 Å². The SMILES string of the molecule is N=C1C[C@H](CO)[C@@H](O)C1. The molecule has 0 aromatic carbocycles. The summed E-state index contributed by atoms with van der Waals surface area (Å²) in [5, 5.41) is 24.8. The summed E-state index contributed by atoms with van der Waals surface area (Å²) in [4.78, 5) is 0. The zero-order valence-electron chi connectivity index (χ0n) is 5.17. The molecule has 0 unspecified atom stereocenters. The lowest BCUT2D eigenvalue weighted by molar-refractivity contribution is 0.0911. The van der Waals surface area contributed by atoms with Crippen LogP contribution in [0.4, 0.5) is 0 Å². The van der Waals surface area contributed by atoms with Gasteiger partial charge in [0.15, 0.2) is 0 Å². The van der Waals surface area contributed by atoms with E-state index >= 15 is 0 Å². The minimum Gasteiger partial charge on any atom is -0.396 e. The van der Waals surface area contributed by atoms with Crippen molar-refractivity contribution in [3.05, 3.63) is 0 Å². The van der Waals surface area contributed by atoms with Crippen LogP contribution >= 0.6 is 0 Å². The maximum absolute atomic E-state index is 9.06. The molecule has 9 heavy (non-hydrogen) atoms. The van der Waals surface area contributed by atoms with Gasteiger partial charge in [0, 0.05) is 24.7 Å². The molecule has 1 rings (SSSR count). The van der Waals surface area contributed by atoms with Gasteiger partial charge in [-0.1, -0.05) is 0 Å². The first-order valence-electron chi connectivity index (χ1n) is 3.09. The molecule has 3 nitrogen and oxygen atoms in total. The van der Waals surface area contributed by atoms with Crippen molar-refractivity contribution < 1.29 is 10.2 Å². The Bertz CT molecular complexity index is 124. The smallest absolute Gasteiger partial charge is 0.0645 e. The summed E-state index contributed by atoms with van der Waals surface area (Å²) in [6.45, 7) is 0.00352. The van der Waals surface area contributed by atoms with Crippen molar-refractivity contribution in [2.75, 3.05) is 6.61 Å². The zero-order chi connectivity index (χ0) is 6.85. The molecular weight excluding hydrogens is 118 g/mol. The molecule has 3 N–H and O–H groups in total. The van der Waals surface area contributed by atoms with E-state index in [9.17, 15) is 0 Å². The number of aliphatic hydroxyl groups is 2. The lowest BCUT2D eigenvalue weighted by Crippen LogP contribution is -2.16. The first-order valence-corrected chi connectivity index (χ1v) is 3.09. The molecule has 0 spiro atoms. The van der Waals surface area contributed by atoms with E-state index in [0.29, 0.717) is 18.6 Å². The molecule has 0 heterocycles. The highest BCUT2D eigenvalue weighted by atomic mass is 16.3. The largest absolute Gasteiger partial charge is 0.396 e. The molecule has 52 valence electrons. The molecule has 0 amide bonds. The maximum Gasteiger partial charge on any atom is 0.0645 e. The summed E-state index contributed by atoms with van der Waals surface area (Å²) in [7, 11) is 0. The second-order valence-electron chi connectivity index (χ2n) is 2.52. The molecule has 1 aliphatic rings. The highest BCUT2D eigenvalue weighted by Crippen LogP contribution is 2.21. The minimum absolute atomic E-state index is 0.00352. The predicted octanol–water partition coefficient (Wildman–Crippen LogP) is -0.231. The summed E-state index contributed by atoms with van der Waals surface area (Å²) in [6.07, 6.45) is 0.547. The van der Waals surface area contributed by atoms with E-state index in [2.05, 4.69) is 0 Å². The number of nitrogens with one attached hydrogen (secondary N) is 1. The third-order valence-electron chi connectivity index (χ3n) is 1.74. The fourth-order valence-corrected chi connectivity index (χ4v) is 1.14. The van der Waals surface area contributed by atoms with Crippen molar-refractivity contribution in [2.45, 2.75) is 18.9 Å². The van der Waals surface area contributed by atoms with E-state index in [-0.39, 0.29) is 12.5 Å². The summed E-state index contributed by atoms with van der Waals surface area (Å²) >= 11 is 0. The van der Waals surface area contributed by atoms with Crippen molar-refractivity contribution in [3.8, 4) is 0 Å². The van der Waals surface area contributed by atoms with Crippen LogP contribution in [0.3, 0.4) is 0 Å². The molecule has 0 radical (unpaired) electrons. The third-order valence-corrected chi connectivity index (χ3v) is 1.74. The minimum atomic E-state index is -0.470. The monoisotopic (exact) mass is 129 g/mol. The highest BCUT2D eigenvalue weighted by Gasteiger charge is 2.27. The van der Waals surface area contributed by atoms with Crippen LogP contribution < -0.4 is 0 Å².